The van der Waals surface area contributed by atoms with Crippen LogP contribution in [0.25, 0.3) is 10.1 Å². The second-order valence-electron chi connectivity index (χ2n) is 12.4. The summed E-state index contributed by atoms with van der Waals surface area (Å²) in [5, 5.41) is 3.41. The Morgan fingerprint density at radius 2 is 1.82 bits per heavy atom. The largest absolute Gasteiger partial charge is 0.399 e. The number of carbonyl (C=O) groups excluding carboxylic acids is 4. The molecular formula is C32H34ClF2N4O8PS. The number of nitrogens with one attached hydrogen (secondary N) is 1. The van der Waals surface area contributed by atoms with E-state index in [1.807, 2.05) is 12.1 Å². The van der Waals surface area contributed by atoms with E-state index in [-0.39, 0.29) is 41.2 Å². The summed E-state index contributed by atoms with van der Waals surface area (Å²) in [6, 6.07) is 9.22. The van der Waals surface area contributed by atoms with E-state index in [0.29, 0.717) is 48.7 Å². The molecular weight excluding hydrogens is 705 g/mol. The van der Waals surface area contributed by atoms with Gasteiger partial charge in [0, 0.05) is 47.9 Å². The summed E-state index contributed by atoms with van der Waals surface area (Å²) in [6.45, 7) is 2.45. The number of morpholine rings is 1. The van der Waals surface area contributed by atoms with Crippen molar-refractivity contribution < 1.29 is 47.0 Å². The average molecular weight is 739 g/mol. The molecule has 4 atom stereocenters. The third kappa shape index (κ3) is 7.10. The third-order valence-corrected chi connectivity index (χ3v) is 11.6. The maximum Gasteiger partial charge on any atom is 0.399 e. The minimum Gasteiger partial charge on any atom is -0.370 e. The highest BCUT2D eigenvalue weighted by molar-refractivity contribution is 7.52. The van der Waals surface area contributed by atoms with Crippen LogP contribution in [0.3, 0.4) is 0 Å². The van der Waals surface area contributed by atoms with Gasteiger partial charge in [0.25, 0.3) is 5.91 Å². The van der Waals surface area contributed by atoms with E-state index in [1.54, 1.807) is 21.9 Å². The number of hydrogen-bond acceptors (Lipinski definition) is 7. The minimum absolute atomic E-state index is 0.0573. The van der Waals surface area contributed by atoms with Crippen molar-refractivity contribution in [1.29, 1.82) is 0 Å². The lowest BCUT2D eigenvalue weighted by atomic mass is 10.1. The fraction of sp³-hybridized carbons (Fsp3) is 0.438. The molecule has 262 valence electrons. The highest BCUT2D eigenvalue weighted by atomic mass is 35.5. The molecule has 3 aliphatic heterocycles. The van der Waals surface area contributed by atoms with Crippen LogP contribution in [0.4, 0.5) is 8.78 Å². The van der Waals surface area contributed by atoms with Gasteiger partial charge >= 0.3 is 13.3 Å². The zero-order valence-corrected chi connectivity index (χ0v) is 28.7. The smallest absolute Gasteiger partial charge is 0.370 e. The summed E-state index contributed by atoms with van der Waals surface area (Å²) in [7, 11) is -5.81. The van der Waals surface area contributed by atoms with Gasteiger partial charge in [0.15, 0.2) is 0 Å². The quantitative estimate of drug-likeness (QED) is 0.320. The Balaban J connectivity index is 1.23. The van der Waals surface area contributed by atoms with Gasteiger partial charge in [0.2, 0.25) is 17.7 Å². The molecule has 6 rings (SSSR count). The number of hydrogen-bond donors (Lipinski definition) is 3. The number of fused-ring (bicyclic) bond motifs is 2. The molecule has 3 fully saturated rings. The number of halogens is 3. The van der Waals surface area contributed by atoms with Crippen LogP contribution >= 0.6 is 30.5 Å². The summed E-state index contributed by atoms with van der Waals surface area (Å²) >= 11 is 7.12. The summed E-state index contributed by atoms with van der Waals surface area (Å²) in [4.78, 5) is 77.4. The monoisotopic (exact) mass is 738 g/mol. The van der Waals surface area contributed by atoms with Gasteiger partial charge in [-0.15, -0.1) is 11.3 Å². The van der Waals surface area contributed by atoms with Crippen LogP contribution < -0.4 is 5.32 Å². The molecule has 12 nitrogen and oxygen atoms in total. The highest BCUT2D eigenvalue weighted by Crippen LogP contribution is 2.59. The van der Waals surface area contributed by atoms with E-state index in [2.05, 4.69) is 5.32 Å². The lowest BCUT2D eigenvalue weighted by Gasteiger charge is -2.40. The molecule has 3 aromatic rings. The first-order chi connectivity index (χ1) is 23.1. The first kappa shape index (κ1) is 35.4. The Hall–Kier alpha value is -3.46. The average Bonchev–Trinajstić information content (AvgIpc) is 3.68. The van der Waals surface area contributed by atoms with E-state index in [9.17, 15) is 32.5 Å². The highest BCUT2D eigenvalue weighted by Gasteiger charge is 2.50. The maximum atomic E-state index is 14.4. The molecule has 0 aliphatic carbocycles. The molecule has 1 aromatic heterocycles. The SMILES string of the molecule is CC(=O)N1CC[C@H]2CC[C@@H](C(=O)N3CCOC(c4cccc(Cl)c4)C3)N2C(=O)[C@@H](NC(=O)c2cc3cc(C(F)(F)P(=O)(O)O)ccc3s2)C1. The van der Waals surface area contributed by atoms with Crippen LogP contribution in [0.1, 0.15) is 53.1 Å². The van der Waals surface area contributed by atoms with Crippen LogP contribution in [0, 0.1) is 0 Å². The van der Waals surface area contributed by atoms with Crippen molar-refractivity contribution in [1.82, 2.24) is 20.0 Å². The number of carbonyl (C=O) groups is 4. The van der Waals surface area contributed by atoms with Crippen molar-refractivity contribution in [2.75, 3.05) is 32.8 Å². The van der Waals surface area contributed by atoms with Gasteiger partial charge in [0.05, 0.1) is 18.0 Å². The van der Waals surface area contributed by atoms with Gasteiger partial charge in [-0.1, -0.05) is 29.8 Å². The Labute approximate surface area is 289 Å². The van der Waals surface area contributed by atoms with E-state index in [0.717, 1.165) is 29.0 Å². The van der Waals surface area contributed by atoms with Crippen molar-refractivity contribution in [3.05, 3.63) is 69.6 Å². The van der Waals surface area contributed by atoms with E-state index in [4.69, 9.17) is 26.1 Å². The molecule has 0 bridgehead atoms. The van der Waals surface area contributed by atoms with Gasteiger partial charge in [-0.2, -0.15) is 8.78 Å². The fourth-order valence-corrected chi connectivity index (χ4v) is 8.34. The summed E-state index contributed by atoms with van der Waals surface area (Å²) in [5.74, 6) is -1.73. The summed E-state index contributed by atoms with van der Waals surface area (Å²) in [5.41, 5.74) is -4.50. The minimum atomic E-state index is -5.81. The topological polar surface area (TPSA) is 157 Å². The molecule has 3 N–H and O–H groups in total. The maximum absolute atomic E-state index is 14.4. The zero-order chi connectivity index (χ0) is 35.2. The molecule has 17 heteroatoms. The summed E-state index contributed by atoms with van der Waals surface area (Å²) < 4.78 is 46.4. The normalized spacial score (nSPS) is 23.6. The second kappa shape index (κ2) is 13.7. The van der Waals surface area contributed by atoms with E-state index < -0.39 is 48.8 Å². The molecule has 4 heterocycles. The predicted molar refractivity (Wildman–Crippen MR) is 176 cm³/mol. The van der Waals surface area contributed by atoms with Crippen LogP contribution in [0.2, 0.25) is 5.02 Å². The number of nitrogens with zero attached hydrogens (tertiary/aromatic N) is 3. The lowest BCUT2D eigenvalue weighted by Crippen LogP contribution is -2.61. The van der Waals surface area contributed by atoms with Crippen LogP contribution in [0.5, 0.6) is 0 Å². The Morgan fingerprint density at radius 1 is 1.04 bits per heavy atom. The number of alkyl halides is 2. The van der Waals surface area contributed by atoms with Gasteiger partial charge in [-0.3, -0.25) is 23.7 Å². The number of rotatable bonds is 6. The standard InChI is InChI=1S/C32H34ClF2N4O8PS/c1-18(40)37-10-9-23-6-7-25(31(43)38-11-12-47-26(17-38)19-3-2-4-22(33)14-19)39(23)30(42)24(16-37)36-29(41)28-15-20-13-21(5-8-27(20)49-28)32(34,35)48(44,45)46/h2-5,8,13-15,23-26H,6-7,9-12,16-17H2,1H3,(H,36,41)(H2,44,45,46)/t23-,24+,25+,26?/m1/s1. The molecule has 4 amide bonds. The third-order valence-electron chi connectivity index (χ3n) is 9.28. The van der Waals surface area contributed by atoms with Crippen LogP contribution in [-0.4, -0.2) is 99.0 Å². The molecule has 0 radical (unpaired) electrons. The Bertz CT molecular complexity index is 1860. The Morgan fingerprint density at radius 3 is 2.53 bits per heavy atom. The number of amides is 4. The van der Waals surface area contributed by atoms with E-state index >= 15 is 0 Å². The molecule has 3 saturated heterocycles. The van der Waals surface area contributed by atoms with Crippen molar-refractivity contribution in [2.45, 2.75) is 56.1 Å². The zero-order valence-electron chi connectivity index (χ0n) is 26.3. The van der Waals surface area contributed by atoms with Crippen LogP contribution in [-0.2, 0) is 29.3 Å². The molecule has 0 saturated carbocycles. The molecule has 1 unspecified atom stereocenters. The molecule has 3 aliphatic rings. The Kier molecular flexibility index (Phi) is 9.88. The van der Waals surface area contributed by atoms with Gasteiger partial charge in [0.1, 0.15) is 18.2 Å². The lowest BCUT2D eigenvalue weighted by molar-refractivity contribution is -0.152. The van der Waals surface area contributed by atoms with Crippen molar-refractivity contribution >= 4 is 64.2 Å². The van der Waals surface area contributed by atoms with Crippen LogP contribution in [0.15, 0.2) is 48.5 Å². The summed E-state index contributed by atoms with van der Waals surface area (Å²) in [6.07, 6.45) is 1.01. The van der Waals surface area contributed by atoms with Crippen molar-refractivity contribution in [3.8, 4) is 0 Å². The predicted octanol–water partition coefficient (Wildman–Crippen LogP) is 4.09. The molecule has 49 heavy (non-hydrogen) atoms. The molecule has 0 spiro atoms. The number of thiophene rings is 1. The first-order valence-electron chi connectivity index (χ1n) is 15.7. The van der Waals surface area contributed by atoms with Gasteiger partial charge in [-0.25, -0.2) is 0 Å². The van der Waals surface area contributed by atoms with Gasteiger partial charge < -0.3 is 34.5 Å². The van der Waals surface area contributed by atoms with Gasteiger partial charge in [-0.05, 0) is 60.5 Å². The van der Waals surface area contributed by atoms with Crippen molar-refractivity contribution in [3.63, 3.8) is 0 Å². The fourth-order valence-electron chi connectivity index (χ4n) is 6.72. The number of benzene rings is 2. The first-order valence-corrected chi connectivity index (χ1v) is 18.5. The second-order valence-corrected chi connectivity index (χ2v) is 15.6. The number of ether oxygens (including phenoxy) is 1. The molecule has 2 aromatic carbocycles. The van der Waals surface area contributed by atoms with E-state index in [1.165, 1.54) is 24.0 Å². The van der Waals surface area contributed by atoms with Crippen molar-refractivity contribution in [2.24, 2.45) is 0 Å².